The highest BCUT2D eigenvalue weighted by Crippen LogP contribution is 2.43. The third-order valence-corrected chi connectivity index (χ3v) is 7.43. The molecule has 40 heavy (non-hydrogen) atoms. The van der Waals surface area contributed by atoms with Crippen molar-refractivity contribution in [3.8, 4) is 22.5 Å². The van der Waals surface area contributed by atoms with E-state index >= 15 is 0 Å². The zero-order valence-corrected chi connectivity index (χ0v) is 21.5. The molecule has 1 saturated carbocycles. The highest BCUT2D eigenvalue weighted by Gasteiger charge is 2.48. The second kappa shape index (κ2) is 9.23. The Morgan fingerprint density at radius 1 is 1.07 bits per heavy atom. The number of H-pyrrole nitrogens is 1. The highest BCUT2D eigenvalue weighted by molar-refractivity contribution is 6.00. The standard InChI is InChI=1S/C29H25F2N7O2/c1-40-25-12-23(25)38-22-11-19(3-2-18(22)10-24(38)28(39)37-15-29(30,31)16-37)27-32-9-8-26(36-27)35-21-6-4-17(5-7-21)20-13-33-34-14-20/h2-11,13-14,23,25H,12,15-16H2,1H3,(H,33,34)(H,32,35,36). The van der Waals surface area contributed by atoms with E-state index in [1.54, 1.807) is 31.6 Å². The zero-order valence-electron chi connectivity index (χ0n) is 21.5. The number of anilines is 2. The first-order valence-electron chi connectivity index (χ1n) is 12.9. The van der Waals surface area contributed by atoms with Crippen LogP contribution in [0.2, 0.25) is 0 Å². The number of rotatable bonds is 7. The number of fused-ring (bicyclic) bond motifs is 1. The summed E-state index contributed by atoms with van der Waals surface area (Å²) >= 11 is 0. The molecule has 2 unspecified atom stereocenters. The summed E-state index contributed by atoms with van der Waals surface area (Å²) in [4.78, 5) is 23.6. The summed E-state index contributed by atoms with van der Waals surface area (Å²) in [5, 5.41) is 11.0. The van der Waals surface area contributed by atoms with Gasteiger partial charge < -0.3 is 19.5 Å². The molecule has 2 aliphatic rings. The number of nitrogens with zero attached hydrogens (tertiary/aromatic N) is 5. The van der Waals surface area contributed by atoms with Gasteiger partial charge >= 0.3 is 0 Å². The van der Waals surface area contributed by atoms with Gasteiger partial charge in [-0.1, -0.05) is 24.3 Å². The van der Waals surface area contributed by atoms with Crippen molar-refractivity contribution in [2.75, 3.05) is 25.5 Å². The average Bonchev–Trinajstić information content (AvgIpc) is 3.33. The van der Waals surface area contributed by atoms with E-state index in [0.29, 0.717) is 17.3 Å². The molecule has 2 atom stereocenters. The molecule has 1 aliphatic carbocycles. The van der Waals surface area contributed by atoms with Gasteiger partial charge in [-0.05, 0) is 42.3 Å². The molecule has 3 aromatic heterocycles. The molecular weight excluding hydrogens is 516 g/mol. The zero-order chi connectivity index (χ0) is 27.4. The molecule has 7 rings (SSSR count). The number of halogens is 2. The van der Waals surface area contributed by atoms with Crippen LogP contribution in [0, 0.1) is 0 Å². The number of hydrogen-bond donors (Lipinski definition) is 2. The van der Waals surface area contributed by atoms with Crippen LogP contribution >= 0.6 is 0 Å². The van der Waals surface area contributed by atoms with Crippen LogP contribution in [0.3, 0.4) is 0 Å². The van der Waals surface area contributed by atoms with Crippen molar-refractivity contribution in [3.05, 3.63) is 78.9 Å². The van der Waals surface area contributed by atoms with E-state index in [4.69, 9.17) is 9.72 Å². The number of hydrogen-bond acceptors (Lipinski definition) is 6. The molecule has 0 radical (unpaired) electrons. The Bertz CT molecular complexity index is 1710. The second-order valence-corrected chi connectivity index (χ2v) is 10.2. The Kier molecular flexibility index (Phi) is 5.63. The Balaban J connectivity index is 1.19. The number of aromatic amines is 1. The average molecular weight is 542 g/mol. The van der Waals surface area contributed by atoms with E-state index in [1.807, 2.05) is 53.2 Å². The molecule has 9 nitrogen and oxygen atoms in total. The van der Waals surface area contributed by atoms with E-state index in [-0.39, 0.29) is 12.1 Å². The minimum Gasteiger partial charge on any atom is -0.379 e. The number of nitrogens with one attached hydrogen (secondary N) is 2. The lowest BCUT2D eigenvalue weighted by molar-refractivity contribution is -0.113. The van der Waals surface area contributed by atoms with Crippen LogP contribution in [-0.4, -0.2) is 67.8 Å². The highest BCUT2D eigenvalue weighted by atomic mass is 19.3. The quantitative estimate of drug-likeness (QED) is 0.291. The van der Waals surface area contributed by atoms with Crippen LogP contribution in [0.1, 0.15) is 23.0 Å². The minimum absolute atomic E-state index is 0.0349. The minimum atomic E-state index is -2.83. The van der Waals surface area contributed by atoms with Gasteiger partial charge in [0.2, 0.25) is 0 Å². The van der Waals surface area contributed by atoms with E-state index in [1.165, 1.54) is 4.90 Å². The molecule has 2 aromatic carbocycles. The smallest absolute Gasteiger partial charge is 0.282 e. The van der Waals surface area contributed by atoms with Gasteiger partial charge in [0.1, 0.15) is 11.5 Å². The fraction of sp³-hybridized carbons (Fsp3) is 0.241. The molecule has 4 heterocycles. The van der Waals surface area contributed by atoms with Crippen molar-refractivity contribution in [1.82, 2.24) is 29.6 Å². The largest absolute Gasteiger partial charge is 0.379 e. The number of aromatic nitrogens is 5. The van der Waals surface area contributed by atoms with Crippen molar-refractivity contribution in [1.29, 1.82) is 0 Å². The van der Waals surface area contributed by atoms with Crippen LogP contribution in [0.4, 0.5) is 20.3 Å². The van der Waals surface area contributed by atoms with Gasteiger partial charge in [0.05, 0.1) is 31.4 Å². The third kappa shape index (κ3) is 4.37. The molecular formula is C29H25F2N7O2. The predicted octanol–water partition coefficient (Wildman–Crippen LogP) is 5.28. The Hall–Kier alpha value is -4.64. The fourth-order valence-corrected chi connectivity index (χ4v) is 5.25. The van der Waals surface area contributed by atoms with Crippen molar-refractivity contribution < 1.29 is 18.3 Å². The molecule has 1 saturated heterocycles. The number of alkyl halides is 2. The molecule has 202 valence electrons. The monoisotopic (exact) mass is 541 g/mol. The number of carbonyl (C=O) groups excluding carboxylic acids is 1. The summed E-state index contributed by atoms with van der Waals surface area (Å²) in [6.45, 7) is -1.12. The number of ether oxygens (including phenoxy) is 1. The molecule has 2 fully saturated rings. The first kappa shape index (κ1) is 24.4. The summed E-state index contributed by atoms with van der Waals surface area (Å²) in [7, 11) is 1.64. The summed E-state index contributed by atoms with van der Waals surface area (Å²) in [5.41, 5.74) is 4.91. The van der Waals surface area contributed by atoms with Crippen LogP contribution in [0.15, 0.2) is 73.2 Å². The van der Waals surface area contributed by atoms with Gasteiger partial charge in [-0.3, -0.25) is 9.89 Å². The summed E-state index contributed by atoms with van der Waals surface area (Å²) in [5.74, 6) is -2.07. The molecule has 1 amide bonds. The van der Waals surface area contributed by atoms with Crippen molar-refractivity contribution >= 4 is 28.3 Å². The SMILES string of the molecule is COC1CC1n1c(C(=O)N2CC(F)(F)C2)cc2ccc(-c3nccc(Nc4ccc(-c5cn[nH]c5)cc4)n3)cc21. The second-order valence-electron chi connectivity index (χ2n) is 10.2. The molecule has 1 aliphatic heterocycles. The van der Waals surface area contributed by atoms with Crippen LogP contribution < -0.4 is 5.32 Å². The molecule has 0 spiro atoms. The fourth-order valence-electron chi connectivity index (χ4n) is 5.25. The molecule has 2 N–H and O–H groups in total. The maximum absolute atomic E-state index is 13.5. The van der Waals surface area contributed by atoms with Crippen LogP contribution in [0.25, 0.3) is 33.4 Å². The lowest BCUT2D eigenvalue weighted by atomic mass is 10.1. The van der Waals surface area contributed by atoms with Crippen molar-refractivity contribution in [2.45, 2.75) is 24.5 Å². The van der Waals surface area contributed by atoms with Gasteiger partial charge in [-0.25, -0.2) is 18.7 Å². The third-order valence-electron chi connectivity index (χ3n) is 7.43. The Morgan fingerprint density at radius 2 is 1.88 bits per heavy atom. The number of carbonyl (C=O) groups is 1. The lowest BCUT2D eigenvalue weighted by Gasteiger charge is -2.38. The van der Waals surface area contributed by atoms with Gasteiger partial charge in [0, 0.05) is 47.2 Å². The van der Waals surface area contributed by atoms with E-state index in [0.717, 1.165) is 39.7 Å². The summed E-state index contributed by atoms with van der Waals surface area (Å²) in [6, 6.07) is 17.2. The topological polar surface area (TPSA) is 101 Å². The van der Waals surface area contributed by atoms with Gasteiger partial charge in [-0.2, -0.15) is 5.10 Å². The first-order valence-corrected chi connectivity index (χ1v) is 12.9. The van der Waals surface area contributed by atoms with E-state index in [9.17, 15) is 13.6 Å². The maximum Gasteiger partial charge on any atom is 0.282 e. The number of amides is 1. The Morgan fingerprint density at radius 3 is 2.58 bits per heavy atom. The Labute approximate surface area is 227 Å². The number of likely N-dealkylation sites (tertiary alicyclic amines) is 1. The number of benzene rings is 2. The van der Waals surface area contributed by atoms with Gasteiger partial charge in [-0.15, -0.1) is 0 Å². The van der Waals surface area contributed by atoms with Crippen LogP contribution in [-0.2, 0) is 4.74 Å². The van der Waals surface area contributed by atoms with Crippen LogP contribution in [0.5, 0.6) is 0 Å². The molecule has 11 heteroatoms. The van der Waals surface area contributed by atoms with E-state index in [2.05, 4.69) is 20.5 Å². The van der Waals surface area contributed by atoms with E-state index < -0.39 is 24.9 Å². The van der Waals surface area contributed by atoms with Gasteiger partial charge in [0.25, 0.3) is 11.8 Å². The van der Waals surface area contributed by atoms with Crippen molar-refractivity contribution in [3.63, 3.8) is 0 Å². The van der Waals surface area contributed by atoms with Crippen molar-refractivity contribution in [2.24, 2.45) is 0 Å². The molecule has 5 aromatic rings. The number of methoxy groups -OCH3 is 1. The predicted molar refractivity (Wildman–Crippen MR) is 146 cm³/mol. The summed E-state index contributed by atoms with van der Waals surface area (Å²) in [6.07, 6.45) is 6.01. The summed E-state index contributed by atoms with van der Waals surface area (Å²) < 4.78 is 34.5. The normalized spacial score (nSPS) is 19.4. The molecule has 0 bridgehead atoms. The first-order chi connectivity index (χ1) is 19.4. The maximum atomic E-state index is 13.5. The lowest BCUT2D eigenvalue weighted by Crippen LogP contribution is -2.58. The van der Waals surface area contributed by atoms with Gasteiger partial charge in [0.15, 0.2) is 5.82 Å².